The molecule has 4 bridgehead atoms. The molecular weight excluding hydrogens is 482 g/mol. The van der Waals surface area contributed by atoms with Gasteiger partial charge in [0.2, 0.25) is 9.84 Å². The molecule has 0 unspecified atom stereocenters. The first-order valence-electron chi connectivity index (χ1n) is 11.1. The van der Waals surface area contributed by atoms with Crippen molar-refractivity contribution in [2.45, 2.75) is 47.6 Å². The zero-order valence-electron chi connectivity index (χ0n) is 18.1. The quantitative estimate of drug-likeness (QED) is 0.341. The number of amides is 1. The molecule has 6 rings (SSSR count). The number of nitrogens with zero attached hydrogens (tertiary/aromatic N) is 2. The summed E-state index contributed by atoms with van der Waals surface area (Å²) in [5.41, 5.74) is -0.679. The highest BCUT2D eigenvalue weighted by Gasteiger charge is 2.55. The lowest BCUT2D eigenvalue weighted by Gasteiger charge is -2.55. The monoisotopic (exact) mass is 505 g/mol. The summed E-state index contributed by atoms with van der Waals surface area (Å²) in [6.07, 6.45) is 7.23. The van der Waals surface area contributed by atoms with Gasteiger partial charge in [0.15, 0.2) is 11.7 Å². The van der Waals surface area contributed by atoms with Gasteiger partial charge in [-0.1, -0.05) is 11.3 Å². The lowest BCUT2D eigenvalue weighted by molar-refractivity contribution is -0.384. The van der Waals surface area contributed by atoms with Crippen molar-refractivity contribution in [3.05, 3.63) is 40.6 Å². The molecule has 0 saturated heterocycles. The lowest BCUT2D eigenvalue weighted by Crippen LogP contribution is -2.50. The number of aromatic nitrogens is 1. The number of anilines is 1. The van der Waals surface area contributed by atoms with Crippen molar-refractivity contribution in [2.75, 3.05) is 11.9 Å². The van der Waals surface area contributed by atoms with Gasteiger partial charge in [-0.3, -0.25) is 25.0 Å². The maximum atomic E-state index is 12.9. The Labute approximate surface area is 199 Å². The molecule has 10 nitrogen and oxygen atoms in total. The molecule has 0 aliphatic heterocycles. The molecule has 34 heavy (non-hydrogen) atoms. The third-order valence-corrected chi connectivity index (χ3v) is 10.3. The van der Waals surface area contributed by atoms with E-state index in [1.165, 1.54) is 19.3 Å². The SMILES string of the molecule is O=C(COC(=O)C12CC3CC(CC(C3)C1)C2)Nc1ncc(S(=O)(=O)c2ccc([N+](=O)[O-])cc2)s1. The first-order valence-corrected chi connectivity index (χ1v) is 13.4. The summed E-state index contributed by atoms with van der Waals surface area (Å²) in [5, 5.41) is 13.3. The van der Waals surface area contributed by atoms with Crippen LogP contribution in [0.15, 0.2) is 39.6 Å². The number of ether oxygens (including phenoxy) is 1. The van der Waals surface area contributed by atoms with Crippen molar-refractivity contribution in [3.63, 3.8) is 0 Å². The second-order valence-corrected chi connectivity index (χ2v) is 12.8. The Bertz CT molecular complexity index is 1220. The fraction of sp³-hybridized carbons (Fsp3) is 0.500. The molecule has 0 spiro atoms. The van der Waals surface area contributed by atoms with E-state index in [0.29, 0.717) is 17.8 Å². The van der Waals surface area contributed by atoms with Crippen LogP contribution >= 0.6 is 11.3 Å². The normalized spacial score (nSPS) is 27.4. The maximum Gasteiger partial charge on any atom is 0.312 e. The van der Waals surface area contributed by atoms with E-state index in [1.807, 2.05) is 0 Å². The van der Waals surface area contributed by atoms with Gasteiger partial charge >= 0.3 is 5.97 Å². The van der Waals surface area contributed by atoms with Crippen molar-refractivity contribution in [1.29, 1.82) is 0 Å². The molecule has 4 saturated carbocycles. The number of nitro groups is 1. The number of non-ortho nitro benzene ring substituents is 1. The smallest absolute Gasteiger partial charge is 0.312 e. The minimum Gasteiger partial charge on any atom is -0.455 e. The van der Waals surface area contributed by atoms with Gasteiger partial charge in [-0.2, -0.15) is 0 Å². The van der Waals surface area contributed by atoms with Crippen LogP contribution in [-0.2, 0) is 24.2 Å². The Morgan fingerprint density at radius 2 is 1.71 bits per heavy atom. The summed E-state index contributed by atoms with van der Waals surface area (Å²) in [6, 6.07) is 4.51. The number of carbonyl (C=O) groups excluding carboxylic acids is 2. The molecule has 2 aromatic rings. The number of hydrogen-bond acceptors (Lipinski definition) is 9. The van der Waals surface area contributed by atoms with Gasteiger partial charge in [-0.25, -0.2) is 13.4 Å². The van der Waals surface area contributed by atoms with Crippen LogP contribution in [0.3, 0.4) is 0 Å². The van der Waals surface area contributed by atoms with E-state index in [2.05, 4.69) is 10.3 Å². The number of esters is 1. The second-order valence-electron chi connectivity index (χ2n) is 9.56. The molecule has 1 aromatic heterocycles. The minimum absolute atomic E-state index is 0.0522. The average Bonchev–Trinajstić information content (AvgIpc) is 3.26. The number of benzene rings is 1. The van der Waals surface area contributed by atoms with Crippen molar-refractivity contribution in [2.24, 2.45) is 23.2 Å². The van der Waals surface area contributed by atoms with E-state index in [-0.39, 0.29) is 25.9 Å². The summed E-state index contributed by atoms with van der Waals surface area (Å²) in [7, 11) is -3.95. The number of rotatable bonds is 7. The second kappa shape index (κ2) is 8.42. The van der Waals surface area contributed by atoms with E-state index in [1.54, 1.807) is 0 Å². The van der Waals surface area contributed by atoms with Crippen LogP contribution in [0, 0.1) is 33.3 Å². The van der Waals surface area contributed by atoms with Gasteiger partial charge in [-0.15, -0.1) is 0 Å². The number of nitrogens with one attached hydrogen (secondary N) is 1. The molecule has 4 aliphatic rings. The van der Waals surface area contributed by atoms with Crippen molar-refractivity contribution < 1.29 is 27.7 Å². The van der Waals surface area contributed by atoms with Gasteiger partial charge in [0, 0.05) is 12.1 Å². The molecule has 180 valence electrons. The number of thiazole rings is 1. The van der Waals surface area contributed by atoms with Crippen molar-refractivity contribution >= 4 is 43.9 Å². The lowest BCUT2D eigenvalue weighted by atomic mass is 9.49. The highest BCUT2D eigenvalue weighted by atomic mass is 32.2. The van der Waals surface area contributed by atoms with Gasteiger partial charge in [0.1, 0.15) is 4.21 Å². The Kier molecular flexibility index (Phi) is 5.67. The van der Waals surface area contributed by atoms with Gasteiger partial charge in [0.25, 0.3) is 11.6 Å². The maximum absolute atomic E-state index is 12.9. The van der Waals surface area contributed by atoms with Gasteiger partial charge < -0.3 is 4.74 Å². The van der Waals surface area contributed by atoms with Crippen LogP contribution < -0.4 is 5.32 Å². The molecule has 1 N–H and O–H groups in total. The van der Waals surface area contributed by atoms with Crippen LogP contribution in [0.2, 0.25) is 0 Å². The molecule has 1 aromatic carbocycles. The molecule has 1 heterocycles. The van der Waals surface area contributed by atoms with Crippen LogP contribution in [0.25, 0.3) is 0 Å². The standard InChI is InChI=1S/C22H23N3O7S2/c26-18(12-32-20(27)22-8-13-5-14(9-22)7-15(6-13)10-22)24-21-23-11-19(33-21)34(30,31)17-3-1-16(2-4-17)25(28)29/h1-4,11,13-15H,5-10,12H2,(H,23,24,26). The Morgan fingerprint density at radius 1 is 1.12 bits per heavy atom. The fourth-order valence-corrected chi connectivity index (χ4v) is 8.55. The van der Waals surface area contributed by atoms with E-state index < -0.39 is 32.7 Å². The number of hydrogen-bond donors (Lipinski definition) is 1. The van der Waals surface area contributed by atoms with E-state index >= 15 is 0 Å². The number of sulfone groups is 1. The molecule has 0 radical (unpaired) electrons. The molecular formula is C22H23N3O7S2. The molecule has 0 atom stereocenters. The highest BCUT2D eigenvalue weighted by Crippen LogP contribution is 2.60. The topological polar surface area (TPSA) is 146 Å². The van der Waals surface area contributed by atoms with Crippen LogP contribution in [0.1, 0.15) is 38.5 Å². The Balaban J connectivity index is 1.19. The molecule has 12 heteroatoms. The summed E-state index contributed by atoms with van der Waals surface area (Å²) >= 11 is 0.750. The number of carbonyl (C=O) groups is 2. The zero-order valence-corrected chi connectivity index (χ0v) is 19.8. The third kappa shape index (κ3) is 4.20. The van der Waals surface area contributed by atoms with Crippen molar-refractivity contribution in [3.8, 4) is 0 Å². The predicted octanol–water partition coefficient (Wildman–Crippen LogP) is 3.58. The van der Waals surface area contributed by atoms with Crippen LogP contribution in [-0.4, -0.2) is 36.8 Å². The predicted molar refractivity (Wildman–Crippen MR) is 121 cm³/mol. The third-order valence-electron chi connectivity index (χ3n) is 7.16. The Morgan fingerprint density at radius 3 is 2.26 bits per heavy atom. The summed E-state index contributed by atoms with van der Waals surface area (Å²) in [6.45, 7) is -0.454. The largest absolute Gasteiger partial charge is 0.455 e. The van der Waals surface area contributed by atoms with E-state index in [9.17, 15) is 28.1 Å². The number of nitro benzene ring substituents is 1. The molecule has 1 amide bonds. The summed E-state index contributed by atoms with van der Waals surface area (Å²) in [5.74, 6) is 0.853. The highest BCUT2D eigenvalue weighted by molar-refractivity contribution is 7.93. The van der Waals surface area contributed by atoms with E-state index in [0.717, 1.165) is 61.1 Å². The fourth-order valence-electron chi connectivity index (χ4n) is 6.10. The first-order chi connectivity index (χ1) is 16.1. The van der Waals surface area contributed by atoms with E-state index in [4.69, 9.17) is 4.74 Å². The van der Waals surface area contributed by atoms with Crippen molar-refractivity contribution in [1.82, 2.24) is 4.98 Å². The minimum atomic E-state index is -3.95. The first kappa shape index (κ1) is 22.9. The molecule has 4 aliphatic carbocycles. The summed E-state index contributed by atoms with van der Waals surface area (Å²) < 4.78 is 30.8. The average molecular weight is 506 g/mol. The summed E-state index contributed by atoms with van der Waals surface area (Å²) in [4.78, 5) is 39.2. The molecule has 4 fully saturated rings. The zero-order chi connectivity index (χ0) is 24.1. The van der Waals surface area contributed by atoms with Crippen LogP contribution in [0.4, 0.5) is 10.8 Å². The Hall–Kier alpha value is -2.86. The van der Waals surface area contributed by atoms with Crippen LogP contribution in [0.5, 0.6) is 0 Å². The van der Waals surface area contributed by atoms with Gasteiger partial charge in [0.05, 0.1) is 21.4 Å². The van der Waals surface area contributed by atoms with Gasteiger partial charge in [-0.05, 0) is 68.4 Å².